The average molecular weight is 351 g/mol. The molecule has 136 valence electrons. The highest BCUT2D eigenvalue weighted by molar-refractivity contribution is 6.25. The number of aliphatic hydroxyl groups excluding tert-OH is 1. The van der Waals surface area contributed by atoms with Gasteiger partial charge in [0, 0.05) is 13.5 Å². The maximum Gasteiger partial charge on any atom is 0.328 e. The molecule has 1 rings (SSSR count). The lowest BCUT2D eigenvalue weighted by Crippen LogP contribution is -2.45. The molecule has 0 aromatic carbocycles. The summed E-state index contributed by atoms with van der Waals surface area (Å²) in [5.74, 6) is -2.07. The van der Waals surface area contributed by atoms with E-state index >= 15 is 0 Å². The van der Waals surface area contributed by atoms with Crippen LogP contribution in [0.25, 0.3) is 5.53 Å². The summed E-state index contributed by atoms with van der Waals surface area (Å²) in [7, 11) is 1.61. The monoisotopic (exact) mass is 351 g/mol. The Balaban J connectivity index is 2.82. The standard InChI is InChI=1S/C15H21N5O5/c1-9(2)25-15(24)11(5-4-10(21)6-18-16)19-14(23)13(22)12-7-17-8-20(12)3/h6-9,11,13,22H,4-5H2,1-3H3,(H,19,23)/t11-,13+/m0/s1. The van der Waals surface area contributed by atoms with Crippen molar-refractivity contribution in [2.24, 2.45) is 7.05 Å². The Hall–Kier alpha value is -2.84. The molecular weight excluding hydrogens is 330 g/mol. The number of Topliss-reactive ketones (excluding diaryl/α,β-unsaturated/α-hetero) is 1. The van der Waals surface area contributed by atoms with Crippen molar-refractivity contribution in [1.82, 2.24) is 14.9 Å². The molecule has 25 heavy (non-hydrogen) atoms. The normalized spacial score (nSPS) is 12.8. The molecule has 0 unspecified atom stereocenters. The van der Waals surface area contributed by atoms with Gasteiger partial charge in [-0.2, -0.15) is 4.79 Å². The number of aryl methyl sites for hydroxylation is 1. The molecule has 0 bridgehead atoms. The summed E-state index contributed by atoms with van der Waals surface area (Å²) in [4.78, 5) is 42.1. The summed E-state index contributed by atoms with van der Waals surface area (Å²) >= 11 is 0. The van der Waals surface area contributed by atoms with Crippen molar-refractivity contribution in [1.29, 1.82) is 0 Å². The summed E-state index contributed by atoms with van der Waals surface area (Å²) in [6.07, 6.45) is 1.29. The van der Waals surface area contributed by atoms with Gasteiger partial charge in [0.25, 0.3) is 5.91 Å². The first-order valence-electron chi connectivity index (χ1n) is 7.61. The van der Waals surface area contributed by atoms with E-state index in [-0.39, 0.29) is 18.5 Å². The fourth-order valence-corrected chi connectivity index (χ4v) is 1.99. The molecule has 1 aromatic rings. The summed E-state index contributed by atoms with van der Waals surface area (Å²) in [5, 5.41) is 12.5. The first kappa shape index (κ1) is 20.2. The molecule has 0 spiro atoms. The highest BCUT2D eigenvalue weighted by Crippen LogP contribution is 2.12. The number of ether oxygens (including phenoxy) is 1. The van der Waals surface area contributed by atoms with Crippen molar-refractivity contribution >= 4 is 23.9 Å². The van der Waals surface area contributed by atoms with E-state index in [0.29, 0.717) is 6.21 Å². The summed E-state index contributed by atoms with van der Waals surface area (Å²) in [6.45, 7) is 3.29. The summed E-state index contributed by atoms with van der Waals surface area (Å²) < 4.78 is 6.52. The van der Waals surface area contributed by atoms with E-state index in [1.807, 2.05) is 0 Å². The SMILES string of the molecule is CC(C)OC(=O)[C@H](CCC(=O)C=[N+]=[N-])NC(=O)[C@H](O)c1cncn1C. The third-order valence-corrected chi connectivity index (χ3v) is 3.22. The molecule has 1 aromatic heterocycles. The highest BCUT2D eigenvalue weighted by atomic mass is 16.5. The minimum atomic E-state index is -1.53. The van der Waals surface area contributed by atoms with Crippen LogP contribution in [0.5, 0.6) is 0 Å². The first-order valence-corrected chi connectivity index (χ1v) is 7.61. The van der Waals surface area contributed by atoms with Crippen LogP contribution >= 0.6 is 0 Å². The molecule has 0 radical (unpaired) electrons. The Labute approximate surface area is 144 Å². The van der Waals surface area contributed by atoms with Gasteiger partial charge in [0.2, 0.25) is 5.78 Å². The minimum Gasteiger partial charge on any atom is -0.461 e. The number of ketones is 1. The Bertz CT molecular complexity index is 678. The van der Waals surface area contributed by atoms with E-state index in [2.05, 4.69) is 15.1 Å². The molecule has 10 nitrogen and oxygen atoms in total. The second kappa shape index (κ2) is 9.45. The molecule has 0 saturated heterocycles. The Morgan fingerprint density at radius 3 is 2.68 bits per heavy atom. The number of esters is 1. The van der Waals surface area contributed by atoms with Gasteiger partial charge in [-0.25, -0.2) is 9.78 Å². The van der Waals surface area contributed by atoms with Gasteiger partial charge < -0.3 is 25.3 Å². The van der Waals surface area contributed by atoms with E-state index in [1.165, 1.54) is 17.1 Å². The Morgan fingerprint density at radius 2 is 2.16 bits per heavy atom. The molecule has 2 N–H and O–H groups in total. The van der Waals surface area contributed by atoms with Crippen LogP contribution < -0.4 is 5.32 Å². The lowest BCUT2D eigenvalue weighted by molar-refractivity contribution is -0.152. The molecular formula is C15H21N5O5. The van der Waals surface area contributed by atoms with Crippen LogP contribution in [0.2, 0.25) is 0 Å². The smallest absolute Gasteiger partial charge is 0.328 e. The lowest BCUT2D eigenvalue weighted by atomic mass is 10.1. The van der Waals surface area contributed by atoms with Crippen molar-refractivity contribution in [3.63, 3.8) is 0 Å². The molecule has 0 saturated carbocycles. The quantitative estimate of drug-likeness (QED) is 0.266. The number of aromatic nitrogens is 2. The molecule has 10 heteroatoms. The van der Waals surface area contributed by atoms with Gasteiger partial charge in [-0.1, -0.05) is 0 Å². The number of amides is 1. The van der Waals surface area contributed by atoms with Crippen LogP contribution in [0, 0.1) is 0 Å². The Morgan fingerprint density at radius 1 is 1.48 bits per heavy atom. The van der Waals surface area contributed by atoms with Crippen molar-refractivity contribution < 1.29 is 29.0 Å². The molecule has 1 heterocycles. The topological polar surface area (TPSA) is 147 Å². The van der Waals surface area contributed by atoms with Crippen LogP contribution in [0.1, 0.15) is 38.5 Å². The fourth-order valence-electron chi connectivity index (χ4n) is 1.99. The zero-order valence-electron chi connectivity index (χ0n) is 14.2. The van der Waals surface area contributed by atoms with Gasteiger partial charge in [0.15, 0.2) is 6.10 Å². The van der Waals surface area contributed by atoms with Crippen LogP contribution in [-0.2, 0) is 26.2 Å². The van der Waals surface area contributed by atoms with Gasteiger partial charge in [-0.15, -0.1) is 0 Å². The van der Waals surface area contributed by atoms with Gasteiger partial charge in [0.1, 0.15) is 6.04 Å². The third-order valence-electron chi connectivity index (χ3n) is 3.22. The van der Waals surface area contributed by atoms with Gasteiger partial charge in [0.05, 0.1) is 24.3 Å². The molecule has 1 amide bonds. The lowest BCUT2D eigenvalue weighted by Gasteiger charge is -2.20. The molecule has 2 atom stereocenters. The van der Waals surface area contributed by atoms with Crippen molar-refractivity contribution in [3.8, 4) is 0 Å². The molecule has 0 aliphatic carbocycles. The van der Waals surface area contributed by atoms with E-state index in [1.54, 1.807) is 20.9 Å². The number of nitrogens with zero attached hydrogens (tertiary/aromatic N) is 4. The molecule has 0 fully saturated rings. The fraction of sp³-hybridized carbons (Fsp3) is 0.533. The first-order chi connectivity index (χ1) is 11.8. The number of hydrogen-bond donors (Lipinski definition) is 2. The number of carbonyl (C=O) groups excluding carboxylic acids is 3. The van der Waals surface area contributed by atoms with Gasteiger partial charge in [-0.05, 0) is 20.3 Å². The number of imidazole rings is 1. The number of carbonyl (C=O) groups is 3. The van der Waals surface area contributed by atoms with E-state index in [4.69, 9.17) is 10.3 Å². The van der Waals surface area contributed by atoms with Crippen LogP contribution in [0.15, 0.2) is 12.5 Å². The summed E-state index contributed by atoms with van der Waals surface area (Å²) in [5.41, 5.74) is 8.57. The maximum absolute atomic E-state index is 12.2. The highest BCUT2D eigenvalue weighted by Gasteiger charge is 2.28. The summed E-state index contributed by atoms with van der Waals surface area (Å²) in [6, 6.07) is -1.13. The molecule has 0 aliphatic rings. The third kappa shape index (κ3) is 6.28. The van der Waals surface area contributed by atoms with E-state index in [9.17, 15) is 19.5 Å². The number of rotatable bonds is 9. The Kier molecular flexibility index (Phi) is 7.64. The second-order valence-electron chi connectivity index (χ2n) is 5.63. The predicted molar refractivity (Wildman–Crippen MR) is 85.3 cm³/mol. The average Bonchev–Trinajstić information content (AvgIpc) is 2.95. The largest absolute Gasteiger partial charge is 0.461 e. The van der Waals surface area contributed by atoms with Crippen LogP contribution in [0.4, 0.5) is 0 Å². The second-order valence-corrected chi connectivity index (χ2v) is 5.63. The zero-order valence-corrected chi connectivity index (χ0v) is 14.2. The predicted octanol–water partition coefficient (Wildman–Crippen LogP) is -0.460. The van der Waals surface area contributed by atoms with Crippen LogP contribution in [-0.4, -0.2) is 55.5 Å². The maximum atomic E-state index is 12.2. The molecule has 0 aliphatic heterocycles. The van der Waals surface area contributed by atoms with Crippen molar-refractivity contribution in [2.75, 3.05) is 0 Å². The van der Waals surface area contributed by atoms with Gasteiger partial charge in [-0.3, -0.25) is 9.59 Å². The van der Waals surface area contributed by atoms with Crippen molar-refractivity contribution in [2.45, 2.75) is 44.9 Å². The number of hydrogen-bond acceptors (Lipinski definition) is 6. The zero-order chi connectivity index (χ0) is 19.0. The van der Waals surface area contributed by atoms with Gasteiger partial charge >= 0.3 is 12.2 Å². The van der Waals surface area contributed by atoms with Crippen LogP contribution in [0.3, 0.4) is 0 Å². The number of nitrogens with one attached hydrogen (secondary N) is 1. The van der Waals surface area contributed by atoms with E-state index in [0.717, 1.165) is 0 Å². The van der Waals surface area contributed by atoms with Crippen molar-refractivity contribution in [3.05, 3.63) is 23.7 Å². The van der Waals surface area contributed by atoms with E-state index < -0.39 is 35.9 Å². The number of aliphatic hydroxyl groups is 1. The minimum absolute atomic E-state index is 0.0692.